The van der Waals surface area contributed by atoms with Crippen molar-refractivity contribution in [1.29, 1.82) is 0 Å². The van der Waals surface area contributed by atoms with Crippen molar-refractivity contribution in [2.24, 2.45) is 13.0 Å². The van der Waals surface area contributed by atoms with Crippen LogP contribution in [-0.2, 0) is 23.1 Å². The summed E-state index contributed by atoms with van der Waals surface area (Å²) in [6.45, 7) is 2.52. The molecule has 0 N–H and O–H groups in total. The normalized spacial score (nSPS) is 26.4. The number of carbonyl (C=O) groups is 1. The van der Waals surface area contributed by atoms with Crippen molar-refractivity contribution in [3.63, 3.8) is 0 Å². The highest BCUT2D eigenvalue weighted by molar-refractivity contribution is 5.80. The van der Waals surface area contributed by atoms with Crippen LogP contribution in [0.25, 0.3) is 0 Å². The molecule has 0 aromatic carbocycles. The van der Waals surface area contributed by atoms with Gasteiger partial charge in [-0.2, -0.15) is 5.10 Å². The third-order valence-electron chi connectivity index (χ3n) is 5.85. The average molecular weight is 363 g/mol. The second-order valence-corrected chi connectivity index (χ2v) is 8.36. The van der Waals surface area contributed by atoms with E-state index in [2.05, 4.69) is 25.1 Å². The van der Waals surface area contributed by atoms with Crippen molar-refractivity contribution in [3.8, 4) is 0 Å². The molecule has 1 unspecified atom stereocenters. The summed E-state index contributed by atoms with van der Waals surface area (Å²) in [5.41, 5.74) is 2.51. The number of hydrogen-bond donors (Lipinski definition) is 0. The predicted molar refractivity (Wildman–Crippen MR) is 102 cm³/mol. The van der Waals surface area contributed by atoms with Crippen LogP contribution in [-0.4, -0.2) is 65.9 Å². The Hall–Kier alpha value is -1.40. The number of carbonyl (C=O) groups excluding carboxylic acids is 1. The Morgan fingerprint density at radius 3 is 2.58 bits per heavy atom. The van der Waals surface area contributed by atoms with E-state index in [4.69, 9.17) is 9.84 Å². The molecule has 1 aromatic heterocycles. The third-order valence-corrected chi connectivity index (χ3v) is 5.85. The Bertz CT molecular complexity index is 599. The summed E-state index contributed by atoms with van der Waals surface area (Å²) in [5.74, 6) is 1.33. The van der Waals surface area contributed by atoms with Gasteiger partial charge in [-0.25, -0.2) is 0 Å². The van der Waals surface area contributed by atoms with E-state index in [9.17, 15) is 4.79 Å². The SMILES string of the molecule is CN(C)Cc1cc(C2CCC(CN(C)C(=O)C3CCCO3)CC2)nn1C. The number of rotatable bonds is 6. The fourth-order valence-electron chi connectivity index (χ4n) is 4.34. The van der Waals surface area contributed by atoms with Crippen LogP contribution in [0.1, 0.15) is 55.8 Å². The fraction of sp³-hybridized carbons (Fsp3) is 0.800. The second-order valence-electron chi connectivity index (χ2n) is 8.36. The molecule has 0 bridgehead atoms. The zero-order chi connectivity index (χ0) is 18.7. The number of nitrogens with zero attached hydrogens (tertiary/aromatic N) is 4. The van der Waals surface area contributed by atoms with Crippen molar-refractivity contribution in [2.75, 3.05) is 34.3 Å². The van der Waals surface area contributed by atoms with Gasteiger partial charge in [0.2, 0.25) is 0 Å². The fourth-order valence-corrected chi connectivity index (χ4v) is 4.34. The number of aromatic nitrogens is 2. The molecule has 2 fully saturated rings. The van der Waals surface area contributed by atoms with Gasteiger partial charge >= 0.3 is 0 Å². The van der Waals surface area contributed by atoms with E-state index in [1.165, 1.54) is 37.1 Å². The summed E-state index contributed by atoms with van der Waals surface area (Å²) in [7, 11) is 8.15. The maximum absolute atomic E-state index is 12.4. The molecule has 6 nitrogen and oxygen atoms in total. The molecule has 1 amide bonds. The van der Waals surface area contributed by atoms with Gasteiger partial charge in [0.05, 0.1) is 11.4 Å². The Kier molecular flexibility index (Phi) is 6.35. The molecule has 1 aliphatic carbocycles. The zero-order valence-corrected chi connectivity index (χ0v) is 16.8. The Morgan fingerprint density at radius 1 is 1.23 bits per heavy atom. The Balaban J connectivity index is 1.49. The van der Waals surface area contributed by atoms with E-state index >= 15 is 0 Å². The molecule has 1 saturated carbocycles. The van der Waals surface area contributed by atoms with Gasteiger partial charge in [-0.15, -0.1) is 0 Å². The van der Waals surface area contributed by atoms with Crippen molar-refractivity contribution in [1.82, 2.24) is 19.6 Å². The van der Waals surface area contributed by atoms with Gasteiger partial charge in [0.15, 0.2) is 0 Å². The summed E-state index contributed by atoms with van der Waals surface area (Å²) in [4.78, 5) is 16.5. The minimum Gasteiger partial charge on any atom is -0.368 e. The highest BCUT2D eigenvalue weighted by atomic mass is 16.5. The van der Waals surface area contributed by atoms with Crippen molar-refractivity contribution < 1.29 is 9.53 Å². The van der Waals surface area contributed by atoms with Gasteiger partial charge in [0.25, 0.3) is 5.91 Å². The highest BCUT2D eigenvalue weighted by Gasteiger charge is 2.30. The summed E-state index contributed by atoms with van der Waals surface area (Å²) < 4.78 is 7.56. The summed E-state index contributed by atoms with van der Waals surface area (Å²) in [6, 6.07) is 2.28. The molecule has 1 saturated heterocycles. The van der Waals surface area contributed by atoms with Crippen LogP contribution < -0.4 is 0 Å². The molecule has 26 heavy (non-hydrogen) atoms. The van der Waals surface area contributed by atoms with Crippen LogP contribution >= 0.6 is 0 Å². The monoisotopic (exact) mass is 362 g/mol. The smallest absolute Gasteiger partial charge is 0.251 e. The van der Waals surface area contributed by atoms with E-state index in [1.807, 2.05) is 23.7 Å². The van der Waals surface area contributed by atoms with E-state index in [-0.39, 0.29) is 12.0 Å². The summed E-state index contributed by atoms with van der Waals surface area (Å²) in [6.07, 6.45) is 6.39. The number of ether oxygens (including phenoxy) is 1. The first-order valence-electron chi connectivity index (χ1n) is 9.98. The first-order valence-corrected chi connectivity index (χ1v) is 9.98. The molecule has 1 atom stereocenters. The molecule has 146 valence electrons. The number of aryl methyl sites for hydroxylation is 1. The molecule has 3 rings (SSSR count). The molecule has 2 heterocycles. The largest absolute Gasteiger partial charge is 0.368 e. The lowest BCUT2D eigenvalue weighted by Gasteiger charge is -2.31. The topological polar surface area (TPSA) is 50.6 Å². The van der Waals surface area contributed by atoms with Crippen LogP contribution in [0.2, 0.25) is 0 Å². The predicted octanol–water partition coefficient (Wildman–Crippen LogP) is 2.39. The van der Waals surface area contributed by atoms with E-state index in [0.717, 1.165) is 32.5 Å². The van der Waals surface area contributed by atoms with Gasteiger partial charge < -0.3 is 14.5 Å². The van der Waals surface area contributed by atoms with Gasteiger partial charge in [0, 0.05) is 39.7 Å². The van der Waals surface area contributed by atoms with Gasteiger partial charge in [-0.3, -0.25) is 9.48 Å². The Labute approximate surface area is 157 Å². The minimum atomic E-state index is -0.194. The average Bonchev–Trinajstić information content (AvgIpc) is 3.25. The van der Waals surface area contributed by atoms with E-state index in [0.29, 0.717) is 11.8 Å². The minimum absolute atomic E-state index is 0.169. The van der Waals surface area contributed by atoms with Crippen LogP contribution in [0.5, 0.6) is 0 Å². The first-order chi connectivity index (χ1) is 12.4. The number of amides is 1. The standard InChI is InChI=1S/C20H34N4O2/c1-22(2)14-17-12-18(21-24(17)4)16-9-7-15(8-10-16)13-23(3)20(25)19-6-5-11-26-19/h12,15-16,19H,5-11,13-14H2,1-4H3. The second kappa shape index (κ2) is 8.53. The molecule has 1 aromatic rings. The van der Waals surface area contributed by atoms with E-state index in [1.54, 1.807) is 0 Å². The first kappa shape index (κ1) is 19.4. The molecule has 0 spiro atoms. The van der Waals surface area contributed by atoms with Crippen molar-refractivity contribution in [2.45, 2.75) is 57.1 Å². The van der Waals surface area contributed by atoms with Gasteiger partial charge in [-0.05, 0) is 64.6 Å². The van der Waals surface area contributed by atoms with Crippen molar-refractivity contribution >= 4 is 5.91 Å². The molecular weight excluding hydrogens is 328 g/mol. The quantitative estimate of drug-likeness (QED) is 0.780. The third kappa shape index (κ3) is 4.65. The van der Waals surface area contributed by atoms with Crippen molar-refractivity contribution in [3.05, 3.63) is 17.5 Å². The lowest BCUT2D eigenvalue weighted by atomic mass is 9.80. The zero-order valence-electron chi connectivity index (χ0n) is 16.8. The highest BCUT2D eigenvalue weighted by Crippen LogP contribution is 2.36. The summed E-state index contributed by atoms with van der Waals surface area (Å²) >= 11 is 0. The lowest BCUT2D eigenvalue weighted by molar-refractivity contribution is -0.140. The van der Waals surface area contributed by atoms with E-state index < -0.39 is 0 Å². The van der Waals surface area contributed by atoms with Crippen LogP contribution in [0.15, 0.2) is 6.07 Å². The lowest BCUT2D eigenvalue weighted by Crippen LogP contribution is -2.39. The maximum Gasteiger partial charge on any atom is 0.251 e. The Morgan fingerprint density at radius 2 is 1.96 bits per heavy atom. The van der Waals surface area contributed by atoms with Gasteiger partial charge in [-0.1, -0.05) is 0 Å². The van der Waals surface area contributed by atoms with Gasteiger partial charge in [0.1, 0.15) is 6.10 Å². The number of likely N-dealkylation sites (N-methyl/N-ethyl adjacent to an activating group) is 1. The number of hydrogen-bond acceptors (Lipinski definition) is 4. The maximum atomic E-state index is 12.4. The van der Waals surface area contributed by atoms with Crippen LogP contribution in [0, 0.1) is 5.92 Å². The molecular formula is C20H34N4O2. The van der Waals surface area contributed by atoms with Crippen LogP contribution in [0.3, 0.4) is 0 Å². The molecule has 6 heteroatoms. The summed E-state index contributed by atoms with van der Waals surface area (Å²) in [5, 5.41) is 4.76. The van der Waals surface area contributed by atoms with Crippen LogP contribution in [0.4, 0.5) is 0 Å². The molecule has 2 aliphatic rings. The molecule has 1 aliphatic heterocycles. The molecule has 0 radical (unpaired) electrons.